The standard InChI is InChI=1S/C40H37N9O4S/c1-26-14-15-28(19-32(26)38(50)41-29-11-6-3-7-12-29)35-24-49(46-44-35)30-13-8-17-47(22-30)23-31-20-34(45-53-31)40(52)48(21-27-9-4-2-5-10-27)25-36-42-33-16-18-54-37(33)39(51)43-36/h2-7,9-12,14-16,18-20,24,30H,8,13,17,21-23,25H2,1H3,(H,41,50)(H,42,43,51). The van der Waals surface area contributed by atoms with E-state index >= 15 is 0 Å². The molecule has 0 spiro atoms. The molecule has 1 saturated heterocycles. The highest BCUT2D eigenvalue weighted by atomic mass is 32.1. The second kappa shape index (κ2) is 15.4. The molecule has 13 nitrogen and oxygen atoms in total. The highest BCUT2D eigenvalue weighted by Crippen LogP contribution is 2.27. The minimum atomic E-state index is -0.328. The Kier molecular flexibility index (Phi) is 9.92. The molecule has 14 heteroatoms. The Morgan fingerprint density at radius 1 is 1.02 bits per heavy atom. The molecule has 0 aliphatic carbocycles. The molecule has 1 aliphatic heterocycles. The van der Waals surface area contributed by atoms with Gasteiger partial charge >= 0.3 is 0 Å². The Hall–Kier alpha value is -6.25. The Morgan fingerprint density at radius 2 is 1.83 bits per heavy atom. The van der Waals surface area contributed by atoms with Gasteiger partial charge in [-0.15, -0.1) is 16.4 Å². The van der Waals surface area contributed by atoms with Crippen LogP contribution in [0.1, 0.15) is 62.4 Å². The predicted octanol–water partition coefficient (Wildman–Crippen LogP) is 6.47. The van der Waals surface area contributed by atoms with E-state index in [1.54, 1.807) is 17.0 Å². The van der Waals surface area contributed by atoms with Crippen LogP contribution >= 0.6 is 11.3 Å². The third-order valence-corrected chi connectivity index (χ3v) is 10.4. The number of hydrogen-bond donors (Lipinski definition) is 2. The zero-order valence-electron chi connectivity index (χ0n) is 29.5. The molecule has 5 heterocycles. The van der Waals surface area contributed by atoms with E-state index in [0.29, 0.717) is 52.7 Å². The van der Waals surface area contributed by atoms with Crippen molar-refractivity contribution in [3.05, 3.63) is 147 Å². The van der Waals surface area contributed by atoms with Crippen molar-refractivity contribution in [3.8, 4) is 11.3 Å². The molecule has 54 heavy (non-hydrogen) atoms. The van der Waals surface area contributed by atoms with Crippen molar-refractivity contribution < 1.29 is 14.1 Å². The molecule has 2 amide bonds. The number of hydrogen-bond acceptors (Lipinski definition) is 10. The van der Waals surface area contributed by atoms with E-state index in [9.17, 15) is 14.4 Å². The molecule has 3 aromatic carbocycles. The Bertz CT molecular complexity index is 2470. The number of aryl methyl sites for hydroxylation is 1. The average molecular weight is 740 g/mol. The van der Waals surface area contributed by atoms with Crippen LogP contribution < -0.4 is 10.9 Å². The Morgan fingerprint density at radius 3 is 2.67 bits per heavy atom. The Labute approximate surface area is 314 Å². The fourth-order valence-electron chi connectivity index (χ4n) is 6.78. The summed E-state index contributed by atoms with van der Waals surface area (Å²) in [6.07, 6.45) is 3.81. The number of thiophene rings is 1. The summed E-state index contributed by atoms with van der Waals surface area (Å²) in [5, 5.41) is 17.9. The van der Waals surface area contributed by atoms with E-state index in [-0.39, 0.29) is 35.7 Å². The van der Waals surface area contributed by atoms with Crippen LogP contribution in [0.3, 0.4) is 0 Å². The average Bonchev–Trinajstić information content (AvgIpc) is 3.98. The molecule has 1 atom stereocenters. The molecule has 2 N–H and O–H groups in total. The second-order valence-corrected chi connectivity index (χ2v) is 14.4. The van der Waals surface area contributed by atoms with Gasteiger partial charge in [-0.05, 0) is 67.1 Å². The first-order valence-corrected chi connectivity index (χ1v) is 18.6. The van der Waals surface area contributed by atoms with Gasteiger partial charge in [-0.2, -0.15) is 0 Å². The zero-order chi connectivity index (χ0) is 37.0. The van der Waals surface area contributed by atoms with Gasteiger partial charge in [0.1, 0.15) is 16.2 Å². The summed E-state index contributed by atoms with van der Waals surface area (Å²) in [6, 6.07) is 28.3. The van der Waals surface area contributed by atoms with Gasteiger partial charge in [0.15, 0.2) is 11.5 Å². The number of aromatic amines is 1. The highest BCUT2D eigenvalue weighted by molar-refractivity contribution is 7.17. The molecular weight excluding hydrogens is 703 g/mol. The summed E-state index contributed by atoms with van der Waals surface area (Å²) < 4.78 is 8.16. The third kappa shape index (κ3) is 7.75. The lowest BCUT2D eigenvalue weighted by molar-refractivity contribution is 0.0714. The van der Waals surface area contributed by atoms with Crippen molar-refractivity contribution in [3.63, 3.8) is 0 Å². The summed E-state index contributed by atoms with van der Waals surface area (Å²) in [5.74, 6) is 0.461. The summed E-state index contributed by atoms with van der Waals surface area (Å²) in [7, 11) is 0. The van der Waals surface area contributed by atoms with E-state index in [1.807, 2.05) is 102 Å². The summed E-state index contributed by atoms with van der Waals surface area (Å²) in [5.41, 5.74) is 5.17. The molecule has 0 bridgehead atoms. The van der Waals surface area contributed by atoms with Gasteiger partial charge in [0.2, 0.25) is 0 Å². The first kappa shape index (κ1) is 34.8. The number of H-pyrrole nitrogens is 1. The van der Waals surface area contributed by atoms with Crippen LogP contribution in [-0.4, -0.2) is 64.8 Å². The van der Waals surface area contributed by atoms with Crippen LogP contribution in [0.5, 0.6) is 0 Å². The van der Waals surface area contributed by atoms with Crippen molar-refractivity contribution in [2.24, 2.45) is 0 Å². The number of amides is 2. The SMILES string of the molecule is Cc1ccc(-c2cn(C3CCCN(Cc4cc(C(=O)N(Cc5ccccc5)Cc5nc6ccsc6c(=O)[nH]5)no4)C3)nn2)cc1C(=O)Nc1ccccc1. The first-order chi connectivity index (χ1) is 26.4. The number of nitrogens with zero attached hydrogens (tertiary/aromatic N) is 7. The van der Waals surface area contributed by atoms with Gasteiger partial charge in [-0.1, -0.05) is 71.0 Å². The summed E-state index contributed by atoms with van der Waals surface area (Å²) in [6.45, 7) is 4.33. The second-order valence-electron chi connectivity index (χ2n) is 13.4. The molecule has 272 valence electrons. The van der Waals surface area contributed by atoms with E-state index in [0.717, 1.165) is 41.8 Å². The lowest BCUT2D eigenvalue weighted by atomic mass is 10.0. The summed E-state index contributed by atoms with van der Waals surface area (Å²) in [4.78, 5) is 51.0. The Balaban J connectivity index is 0.937. The molecule has 1 fully saturated rings. The lowest BCUT2D eigenvalue weighted by Crippen LogP contribution is -2.36. The number of para-hydroxylation sites is 1. The number of nitrogens with one attached hydrogen (secondary N) is 2. The number of carbonyl (C=O) groups is 2. The summed E-state index contributed by atoms with van der Waals surface area (Å²) >= 11 is 1.33. The van der Waals surface area contributed by atoms with Crippen LogP contribution in [0.2, 0.25) is 0 Å². The van der Waals surface area contributed by atoms with Crippen LogP contribution in [-0.2, 0) is 19.6 Å². The molecule has 1 unspecified atom stereocenters. The minimum absolute atomic E-state index is 0.0758. The van der Waals surface area contributed by atoms with Crippen molar-refractivity contribution in [1.82, 2.24) is 39.9 Å². The van der Waals surface area contributed by atoms with Gasteiger partial charge in [-0.3, -0.25) is 19.3 Å². The fourth-order valence-corrected chi connectivity index (χ4v) is 7.50. The zero-order valence-corrected chi connectivity index (χ0v) is 30.3. The number of piperidine rings is 1. The van der Waals surface area contributed by atoms with E-state index in [2.05, 4.69) is 35.7 Å². The van der Waals surface area contributed by atoms with E-state index < -0.39 is 0 Å². The number of carbonyl (C=O) groups excluding carboxylic acids is 2. The maximum Gasteiger partial charge on any atom is 0.276 e. The number of benzene rings is 3. The van der Waals surface area contributed by atoms with Gasteiger partial charge in [0, 0.05) is 36.0 Å². The monoisotopic (exact) mass is 739 g/mol. The largest absolute Gasteiger partial charge is 0.359 e. The number of aromatic nitrogens is 6. The highest BCUT2D eigenvalue weighted by Gasteiger charge is 2.26. The van der Waals surface area contributed by atoms with Gasteiger partial charge in [0.25, 0.3) is 17.4 Å². The van der Waals surface area contributed by atoms with Crippen molar-refractivity contribution in [2.75, 3.05) is 18.4 Å². The predicted molar refractivity (Wildman–Crippen MR) is 205 cm³/mol. The van der Waals surface area contributed by atoms with Gasteiger partial charge in [-0.25, -0.2) is 9.67 Å². The molecular formula is C40H37N9O4S. The number of likely N-dealkylation sites (tertiary alicyclic amines) is 1. The number of fused-ring (bicyclic) bond motifs is 1. The topological polar surface area (TPSA) is 155 Å². The molecule has 4 aromatic heterocycles. The van der Waals surface area contributed by atoms with Gasteiger partial charge in [0.05, 0.1) is 30.8 Å². The normalized spacial score (nSPS) is 14.6. The molecule has 0 saturated carbocycles. The fraction of sp³-hybridized carbons (Fsp3) is 0.225. The van der Waals surface area contributed by atoms with Crippen molar-refractivity contribution >= 4 is 39.1 Å². The van der Waals surface area contributed by atoms with Crippen LogP contribution in [0.25, 0.3) is 21.5 Å². The van der Waals surface area contributed by atoms with Crippen LogP contribution in [0.4, 0.5) is 5.69 Å². The van der Waals surface area contributed by atoms with E-state index in [4.69, 9.17) is 4.52 Å². The van der Waals surface area contributed by atoms with Gasteiger partial charge < -0.3 is 19.7 Å². The minimum Gasteiger partial charge on any atom is -0.359 e. The molecule has 8 rings (SSSR count). The van der Waals surface area contributed by atoms with E-state index in [1.165, 1.54) is 11.3 Å². The lowest BCUT2D eigenvalue weighted by Gasteiger charge is -2.31. The first-order valence-electron chi connectivity index (χ1n) is 17.7. The molecule has 1 aliphatic rings. The maximum absolute atomic E-state index is 13.9. The maximum atomic E-state index is 13.9. The molecule has 7 aromatic rings. The smallest absolute Gasteiger partial charge is 0.276 e. The van der Waals surface area contributed by atoms with Crippen LogP contribution in [0.15, 0.2) is 112 Å². The van der Waals surface area contributed by atoms with Crippen molar-refractivity contribution in [1.29, 1.82) is 0 Å². The number of anilines is 1. The number of rotatable bonds is 11. The quantitative estimate of drug-likeness (QED) is 0.152. The van der Waals surface area contributed by atoms with Crippen molar-refractivity contribution in [2.45, 2.75) is 45.4 Å². The third-order valence-electron chi connectivity index (χ3n) is 9.54. The van der Waals surface area contributed by atoms with Crippen LogP contribution in [0, 0.1) is 6.92 Å². The molecule has 0 radical (unpaired) electrons.